The summed E-state index contributed by atoms with van der Waals surface area (Å²) < 4.78 is 0. The largest absolute Gasteiger partial charge is 0.335 e. The number of hydrogen-bond donors (Lipinski definition) is 1. The summed E-state index contributed by atoms with van der Waals surface area (Å²) in [6, 6.07) is 2.73. The van der Waals surface area contributed by atoms with Crippen molar-refractivity contribution in [3.8, 4) is 0 Å². The molecular formula is C15H23ClN2OS. The highest BCUT2D eigenvalue weighted by molar-refractivity contribution is 7.10. The van der Waals surface area contributed by atoms with Crippen LogP contribution in [0.4, 0.5) is 0 Å². The molecule has 0 saturated heterocycles. The Kier molecular flexibility index (Phi) is 5.10. The van der Waals surface area contributed by atoms with Crippen LogP contribution >= 0.6 is 23.7 Å². The number of rotatable bonds is 2. The first kappa shape index (κ1) is 15.8. The average molecular weight is 315 g/mol. The molecule has 3 atom stereocenters. The molecule has 20 heavy (non-hydrogen) atoms. The highest BCUT2D eigenvalue weighted by Gasteiger charge is 2.36. The molecule has 0 spiro atoms. The minimum Gasteiger partial charge on any atom is -0.335 e. The normalized spacial score (nSPS) is 28.9. The summed E-state index contributed by atoms with van der Waals surface area (Å²) in [5.41, 5.74) is 7.33. The van der Waals surface area contributed by atoms with Crippen LogP contribution in [0.5, 0.6) is 0 Å². The third kappa shape index (κ3) is 2.74. The maximum atomic E-state index is 12.7. The predicted molar refractivity (Wildman–Crippen MR) is 85.3 cm³/mol. The van der Waals surface area contributed by atoms with Gasteiger partial charge in [0, 0.05) is 23.4 Å². The smallest absolute Gasteiger partial charge is 0.226 e. The second-order valence-electron chi connectivity index (χ2n) is 5.77. The van der Waals surface area contributed by atoms with Crippen LogP contribution in [-0.4, -0.2) is 23.4 Å². The maximum absolute atomic E-state index is 12.7. The van der Waals surface area contributed by atoms with Crippen molar-refractivity contribution < 1.29 is 4.79 Å². The minimum atomic E-state index is 0. The van der Waals surface area contributed by atoms with Gasteiger partial charge in [-0.1, -0.05) is 6.92 Å². The van der Waals surface area contributed by atoms with Crippen LogP contribution in [-0.2, 0) is 11.2 Å². The Bertz CT molecular complexity index is 476. The van der Waals surface area contributed by atoms with E-state index in [4.69, 9.17) is 5.73 Å². The predicted octanol–water partition coefficient (Wildman–Crippen LogP) is 3.13. The summed E-state index contributed by atoms with van der Waals surface area (Å²) in [6.07, 6.45) is 4.89. The molecule has 2 aliphatic rings. The minimum absolute atomic E-state index is 0. The summed E-state index contributed by atoms with van der Waals surface area (Å²) in [5.74, 6) is 0.515. The molecule has 1 amide bonds. The molecule has 0 bridgehead atoms. The van der Waals surface area contributed by atoms with Crippen molar-refractivity contribution in [1.82, 2.24) is 4.90 Å². The molecule has 0 aromatic carbocycles. The fourth-order valence-electron chi connectivity index (χ4n) is 3.58. The molecule has 3 unspecified atom stereocenters. The lowest BCUT2D eigenvalue weighted by Crippen LogP contribution is -2.42. The molecule has 2 heterocycles. The van der Waals surface area contributed by atoms with E-state index in [2.05, 4.69) is 23.3 Å². The first-order valence-corrected chi connectivity index (χ1v) is 8.21. The fraction of sp³-hybridized carbons (Fsp3) is 0.667. The first-order valence-electron chi connectivity index (χ1n) is 7.33. The summed E-state index contributed by atoms with van der Waals surface area (Å²) >= 11 is 1.83. The SMILES string of the molecule is CCC1c2ccsc2CCN1C(=O)C1CCC(N)C1.Cl. The lowest BCUT2D eigenvalue weighted by Gasteiger charge is -2.37. The Hall–Kier alpha value is -0.580. The van der Waals surface area contributed by atoms with Crippen molar-refractivity contribution >= 4 is 29.7 Å². The van der Waals surface area contributed by atoms with Crippen LogP contribution in [0, 0.1) is 5.92 Å². The second-order valence-corrected chi connectivity index (χ2v) is 6.78. The number of carbonyl (C=O) groups excluding carboxylic acids is 1. The van der Waals surface area contributed by atoms with Gasteiger partial charge in [0.05, 0.1) is 6.04 Å². The molecule has 1 aromatic rings. The van der Waals surface area contributed by atoms with E-state index in [0.717, 1.165) is 38.6 Å². The average Bonchev–Trinajstić information content (AvgIpc) is 3.04. The van der Waals surface area contributed by atoms with Crippen LogP contribution in [0.3, 0.4) is 0 Å². The topological polar surface area (TPSA) is 46.3 Å². The number of amides is 1. The zero-order chi connectivity index (χ0) is 13.4. The van der Waals surface area contributed by atoms with E-state index in [-0.39, 0.29) is 24.4 Å². The van der Waals surface area contributed by atoms with E-state index in [1.807, 2.05) is 11.3 Å². The number of carbonyl (C=O) groups is 1. The van der Waals surface area contributed by atoms with Gasteiger partial charge in [0.2, 0.25) is 5.91 Å². The molecule has 1 aliphatic carbocycles. The molecule has 1 aliphatic heterocycles. The van der Waals surface area contributed by atoms with Gasteiger partial charge in [-0.25, -0.2) is 0 Å². The molecule has 1 fully saturated rings. The standard InChI is InChI=1S/C15H22N2OS.ClH/c1-2-13-12-6-8-19-14(12)5-7-17(13)15(18)10-3-4-11(16)9-10;/h6,8,10-11,13H,2-5,7,9,16H2,1H3;1H. The monoisotopic (exact) mass is 314 g/mol. The molecular weight excluding hydrogens is 292 g/mol. The number of halogens is 1. The van der Waals surface area contributed by atoms with Crippen molar-refractivity contribution in [3.05, 3.63) is 21.9 Å². The molecule has 3 nitrogen and oxygen atoms in total. The Morgan fingerprint density at radius 1 is 1.50 bits per heavy atom. The van der Waals surface area contributed by atoms with Crippen LogP contribution < -0.4 is 5.73 Å². The van der Waals surface area contributed by atoms with Crippen molar-refractivity contribution in [2.24, 2.45) is 11.7 Å². The molecule has 2 N–H and O–H groups in total. The zero-order valence-electron chi connectivity index (χ0n) is 11.9. The van der Waals surface area contributed by atoms with Crippen LogP contribution in [0.2, 0.25) is 0 Å². The van der Waals surface area contributed by atoms with Gasteiger partial charge < -0.3 is 10.6 Å². The highest BCUT2D eigenvalue weighted by atomic mass is 35.5. The first-order chi connectivity index (χ1) is 9.20. The molecule has 5 heteroatoms. The van der Waals surface area contributed by atoms with Gasteiger partial charge >= 0.3 is 0 Å². The Morgan fingerprint density at radius 3 is 2.95 bits per heavy atom. The highest BCUT2D eigenvalue weighted by Crippen LogP contribution is 2.37. The summed E-state index contributed by atoms with van der Waals surface area (Å²) in [4.78, 5) is 16.3. The Labute approximate surface area is 130 Å². The van der Waals surface area contributed by atoms with Crippen molar-refractivity contribution in [3.63, 3.8) is 0 Å². The molecule has 1 saturated carbocycles. The number of nitrogens with zero attached hydrogens (tertiary/aromatic N) is 1. The number of nitrogens with two attached hydrogens (primary N) is 1. The van der Waals surface area contributed by atoms with Gasteiger partial charge in [-0.3, -0.25) is 4.79 Å². The maximum Gasteiger partial charge on any atom is 0.226 e. The van der Waals surface area contributed by atoms with Crippen LogP contribution in [0.25, 0.3) is 0 Å². The quantitative estimate of drug-likeness (QED) is 0.911. The molecule has 0 radical (unpaired) electrons. The third-order valence-electron chi connectivity index (χ3n) is 4.59. The Morgan fingerprint density at radius 2 is 2.30 bits per heavy atom. The van der Waals surface area contributed by atoms with Gasteiger partial charge in [0.15, 0.2) is 0 Å². The van der Waals surface area contributed by atoms with E-state index in [0.29, 0.717) is 11.9 Å². The zero-order valence-corrected chi connectivity index (χ0v) is 13.5. The molecule has 3 rings (SSSR count). The van der Waals surface area contributed by atoms with Gasteiger partial charge in [-0.2, -0.15) is 0 Å². The summed E-state index contributed by atoms with van der Waals surface area (Å²) in [7, 11) is 0. The molecule has 1 aromatic heterocycles. The third-order valence-corrected chi connectivity index (χ3v) is 5.58. The van der Waals surface area contributed by atoms with Crippen molar-refractivity contribution in [2.45, 2.75) is 51.1 Å². The van der Waals surface area contributed by atoms with Crippen LogP contribution in [0.15, 0.2) is 11.4 Å². The summed E-state index contributed by atoms with van der Waals surface area (Å²) in [5, 5.41) is 2.16. The summed E-state index contributed by atoms with van der Waals surface area (Å²) in [6.45, 7) is 3.06. The second kappa shape index (κ2) is 6.46. The van der Waals surface area contributed by atoms with Crippen LogP contribution in [0.1, 0.15) is 49.1 Å². The van der Waals surface area contributed by atoms with Gasteiger partial charge in [-0.15, -0.1) is 23.7 Å². The van der Waals surface area contributed by atoms with Crippen molar-refractivity contribution in [2.75, 3.05) is 6.54 Å². The van der Waals surface area contributed by atoms with Gasteiger partial charge in [-0.05, 0) is 49.1 Å². The number of hydrogen-bond acceptors (Lipinski definition) is 3. The lowest BCUT2D eigenvalue weighted by atomic mass is 9.95. The van der Waals surface area contributed by atoms with E-state index in [1.54, 1.807) is 0 Å². The van der Waals surface area contributed by atoms with Gasteiger partial charge in [0.1, 0.15) is 0 Å². The Balaban J connectivity index is 0.00000147. The van der Waals surface area contributed by atoms with E-state index in [9.17, 15) is 4.79 Å². The van der Waals surface area contributed by atoms with E-state index >= 15 is 0 Å². The number of thiophene rings is 1. The number of fused-ring (bicyclic) bond motifs is 1. The fourth-order valence-corrected chi connectivity index (χ4v) is 4.50. The van der Waals surface area contributed by atoms with Crippen molar-refractivity contribution in [1.29, 1.82) is 0 Å². The lowest BCUT2D eigenvalue weighted by molar-refractivity contribution is -0.138. The van der Waals surface area contributed by atoms with E-state index < -0.39 is 0 Å². The molecule has 112 valence electrons. The van der Waals surface area contributed by atoms with Gasteiger partial charge in [0.25, 0.3) is 0 Å². The van der Waals surface area contributed by atoms with E-state index in [1.165, 1.54) is 10.4 Å².